The van der Waals surface area contributed by atoms with Crippen LogP contribution in [0.2, 0.25) is 5.02 Å². The van der Waals surface area contributed by atoms with Gasteiger partial charge in [0.15, 0.2) is 5.82 Å². The van der Waals surface area contributed by atoms with Gasteiger partial charge in [0.1, 0.15) is 15.5 Å². The summed E-state index contributed by atoms with van der Waals surface area (Å²) >= 11 is 6.29. The number of amides is 2. The van der Waals surface area contributed by atoms with Crippen molar-refractivity contribution < 1.29 is 35.9 Å². The van der Waals surface area contributed by atoms with E-state index in [9.17, 15) is 31.2 Å². The van der Waals surface area contributed by atoms with Crippen LogP contribution in [0.25, 0.3) is 0 Å². The van der Waals surface area contributed by atoms with Crippen LogP contribution in [-0.4, -0.2) is 73.2 Å². The normalized spacial score (nSPS) is 14.2. The fourth-order valence-electron chi connectivity index (χ4n) is 4.14. The summed E-state index contributed by atoms with van der Waals surface area (Å²) in [5.41, 5.74) is 0.507. The lowest BCUT2D eigenvalue weighted by Gasteiger charge is -2.36. The Morgan fingerprint density at radius 2 is 1.59 bits per heavy atom. The van der Waals surface area contributed by atoms with Gasteiger partial charge in [-0.2, -0.15) is 18.2 Å². The molecule has 1 fully saturated rings. The lowest BCUT2D eigenvalue weighted by Crippen LogP contribution is -2.52. The number of rotatable bonds is 7. The lowest BCUT2D eigenvalue weighted by molar-refractivity contribution is -0.185. The first-order valence-corrected chi connectivity index (χ1v) is 15.0. The number of alkyl halides is 3. The van der Waals surface area contributed by atoms with Gasteiger partial charge in [0, 0.05) is 37.6 Å². The number of carbonyl (C=O) groups excluding carboxylic acids is 2. The molecule has 0 bridgehead atoms. The first-order valence-electron chi connectivity index (χ1n) is 13.1. The number of hydrogen-bond acceptors (Lipinski definition) is 10. The monoisotopic (exact) mass is 655 g/mol. The average molecular weight is 656 g/mol. The summed E-state index contributed by atoms with van der Waals surface area (Å²) in [6.07, 6.45) is -4.72. The van der Waals surface area contributed by atoms with Crippen molar-refractivity contribution in [2.24, 2.45) is 0 Å². The van der Waals surface area contributed by atoms with Crippen LogP contribution >= 0.6 is 11.6 Å². The third-order valence-corrected chi connectivity index (χ3v) is 7.74. The van der Waals surface area contributed by atoms with E-state index >= 15 is 0 Å². The van der Waals surface area contributed by atoms with E-state index in [1.165, 1.54) is 24.4 Å². The molecule has 0 atom stereocenters. The highest BCUT2D eigenvalue weighted by Gasteiger charge is 2.43. The zero-order valence-corrected chi connectivity index (χ0v) is 25.3. The van der Waals surface area contributed by atoms with Crippen LogP contribution in [-0.2, 0) is 19.6 Å². The molecule has 0 radical (unpaired) electrons. The van der Waals surface area contributed by atoms with E-state index in [1.807, 2.05) is 9.62 Å². The van der Waals surface area contributed by atoms with E-state index in [-0.39, 0.29) is 53.6 Å². The maximum atomic E-state index is 13.0. The van der Waals surface area contributed by atoms with Crippen molar-refractivity contribution in [3.63, 3.8) is 0 Å². The predicted molar refractivity (Wildman–Crippen MR) is 158 cm³/mol. The maximum absolute atomic E-state index is 13.0. The molecule has 3 aromatic rings. The van der Waals surface area contributed by atoms with Crippen molar-refractivity contribution in [3.05, 3.63) is 59.8 Å². The zero-order chi connectivity index (χ0) is 32.3. The standard InChI is InChI=1S/C27H29ClF3N7O5S/c1-26(2,3)43-25(40)36-44(41,42)21-7-5-4-6-20(21)34-22-19(28)16-32-24(35-22)33-17-8-10-18(11-9-17)37-12-14-38(15-13-37)23(39)27(29,30)31/h4-11,16H,12-15H2,1-3H3,(H,36,40)(H2,32,33,34,35). The summed E-state index contributed by atoms with van der Waals surface area (Å²) in [6, 6.07) is 12.8. The second-order valence-corrected chi connectivity index (χ2v) is 12.6. The Kier molecular flexibility index (Phi) is 9.44. The highest BCUT2D eigenvalue weighted by atomic mass is 35.5. The topological polar surface area (TPSA) is 146 Å². The number of nitrogens with one attached hydrogen (secondary N) is 3. The van der Waals surface area contributed by atoms with Crippen LogP contribution in [0.15, 0.2) is 59.6 Å². The Morgan fingerprint density at radius 1 is 0.955 bits per heavy atom. The van der Waals surface area contributed by atoms with E-state index in [0.29, 0.717) is 5.69 Å². The number of aromatic nitrogens is 2. The Morgan fingerprint density at radius 3 is 2.20 bits per heavy atom. The van der Waals surface area contributed by atoms with E-state index in [2.05, 4.69) is 20.6 Å². The van der Waals surface area contributed by atoms with Crippen LogP contribution in [0.3, 0.4) is 0 Å². The molecule has 0 saturated carbocycles. The largest absolute Gasteiger partial charge is 0.471 e. The number of hydrogen-bond donors (Lipinski definition) is 3. The van der Waals surface area contributed by atoms with Gasteiger partial charge in [0.05, 0.1) is 11.9 Å². The molecule has 236 valence electrons. The Labute approximate surface area is 256 Å². The summed E-state index contributed by atoms with van der Waals surface area (Å²) in [4.78, 5) is 34.5. The van der Waals surface area contributed by atoms with Crippen molar-refractivity contribution >= 4 is 62.5 Å². The van der Waals surface area contributed by atoms with Gasteiger partial charge in [-0.15, -0.1) is 0 Å². The van der Waals surface area contributed by atoms with E-state index in [4.69, 9.17) is 16.3 Å². The van der Waals surface area contributed by atoms with E-state index < -0.39 is 33.8 Å². The van der Waals surface area contributed by atoms with Crippen molar-refractivity contribution in [3.8, 4) is 0 Å². The Balaban J connectivity index is 1.44. The van der Waals surface area contributed by atoms with Gasteiger partial charge in [-0.1, -0.05) is 23.7 Å². The molecular formula is C27H29ClF3N7O5S. The minimum atomic E-state index is -4.89. The van der Waals surface area contributed by atoms with Gasteiger partial charge in [0.25, 0.3) is 10.0 Å². The molecule has 2 aromatic carbocycles. The third kappa shape index (κ3) is 8.41. The minimum Gasteiger partial charge on any atom is -0.443 e. The molecule has 17 heteroatoms. The number of sulfonamides is 1. The van der Waals surface area contributed by atoms with Gasteiger partial charge >= 0.3 is 18.2 Å². The highest BCUT2D eigenvalue weighted by molar-refractivity contribution is 7.90. The molecule has 0 aliphatic carbocycles. The molecule has 2 amide bonds. The predicted octanol–water partition coefficient (Wildman–Crippen LogP) is 5.04. The number of carbonyl (C=O) groups is 2. The van der Waals surface area contributed by atoms with Crippen LogP contribution in [0, 0.1) is 0 Å². The number of nitrogens with zero attached hydrogens (tertiary/aromatic N) is 4. The summed E-state index contributed by atoms with van der Waals surface area (Å²) in [7, 11) is -4.34. The van der Waals surface area contributed by atoms with Gasteiger partial charge in [-0.3, -0.25) is 4.79 Å². The molecule has 12 nitrogen and oxygen atoms in total. The second kappa shape index (κ2) is 12.7. The number of anilines is 5. The molecule has 1 aromatic heterocycles. The van der Waals surface area contributed by atoms with Crippen molar-refractivity contribution in [2.75, 3.05) is 41.7 Å². The summed E-state index contributed by atoms with van der Waals surface area (Å²) in [6.45, 7) is 5.19. The molecule has 1 saturated heterocycles. The Bertz CT molecular complexity index is 1630. The van der Waals surface area contributed by atoms with Gasteiger partial charge in [-0.05, 0) is 57.2 Å². The molecule has 1 aliphatic rings. The van der Waals surface area contributed by atoms with E-state index in [0.717, 1.165) is 10.6 Å². The number of para-hydroxylation sites is 1. The highest BCUT2D eigenvalue weighted by Crippen LogP contribution is 2.30. The molecule has 0 spiro atoms. The SMILES string of the molecule is CC(C)(C)OC(=O)NS(=O)(=O)c1ccccc1Nc1nc(Nc2ccc(N3CCN(C(=O)C(F)(F)F)CC3)cc2)ncc1Cl. The quantitative estimate of drug-likeness (QED) is 0.316. The zero-order valence-electron chi connectivity index (χ0n) is 23.8. The van der Waals surface area contributed by atoms with Crippen molar-refractivity contribution in [1.29, 1.82) is 0 Å². The van der Waals surface area contributed by atoms with Gasteiger partial charge in [-0.25, -0.2) is 22.9 Å². The van der Waals surface area contributed by atoms with Crippen LogP contribution in [0.5, 0.6) is 0 Å². The molecule has 2 heterocycles. The fourth-order valence-corrected chi connectivity index (χ4v) is 5.32. The summed E-state index contributed by atoms with van der Waals surface area (Å²) < 4.78 is 71.0. The first-order chi connectivity index (χ1) is 20.5. The third-order valence-electron chi connectivity index (χ3n) is 6.09. The summed E-state index contributed by atoms with van der Waals surface area (Å²) in [5, 5.41) is 5.96. The van der Waals surface area contributed by atoms with Crippen molar-refractivity contribution in [1.82, 2.24) is 19.6 Å². The van der Waals surface area contributed by atoms with Gasteiger partial charge in [0.2, 0.25) is 5.95 Å². The summed E-state index contributed by atoms with van der Waals surface area (Å²) in [5.74, 6) is -1.64. The molecule has 4 rings (SSSR count). The number of piperazine rings is 1. The lowest BCUT2D eigenvalue weighted by atomic mass is 10.2. The van der Waals surface area contributed by atoms with Gasteiger partial charge < -0.3 is 25.2 Å². The molecule has 0 unspecified atom stereocenters. The fraction of sp³-hybridized carbons (Fsp3) is 0.333. The van der Waals surface area contributed by atoms with Crippen LogP contribution in [0.1, 0.15) is 20.8 Å². The minimum absolute atomic E-state index is 0.0474. The van der Waals surface area contributed by atoms with E-state index in [1.54, 1.807) is 51.1 Å². The second-order valence-electron chi connectivity index (χ2n) is 10.6. The molecule has 3 N–H and O–H groups in total. The molecule has 44 heavy (non-hydrogen) atoms. The molecule has 1 aliphatic heterocycles. The average Bonchev–Trinajstić information content (AvgIpc) is 2.93. The first kappa shape index (κ1) is 32.6. The number of halogens is 4. The maximum Gasteiger partial charge on any atom is 0.471 e. The van der Waals surface area contributed by atoms with Crippen molar-refractivity contribution in [2.45, 2.75) is 37.4 Å². The number of benzene rings is 2. The molecular weight excluding hydrogens is 627 g/mol. The van der Waals surface area contributed by atoms with Crippen LogP contribution in [0.4, 0.5) is 46.8 Å². The Hall–Kier alpha value is -4.31. The van der Waals surface area contributed by atoms with Crippen LogP contribution < -0.4 is 20.3 Å². The number of ether oxygens (including phenoxy) is 1. The smallest absolute Gasteiger partial charge is 0.443 e.